The van der Waals surface area contributed by atoms with Crippen molar-refractivity contribution in [3.05, 3.63) is 63.9 Å². The molecule has 0 aliphatic rings. The van der Waals surface area contributed by atoms with E-state index >= 15 is 0 Å². The van der Waals surface area contributed by atoms with Crippen LogP contribution in [0.3, 0.4) is 0 Å². The van der Waals surface area contributed by atoms with Crippen molar-refractivity contribution in [2.24, 2.45) is 0 Å². The number of esters is 1. The zero-order valence-electron chi connectivity index (χ0n) is 18.4. The van der Waals surface area contributed by atoms with Gasteiger partial charge in [0.2, 0.25) is 5.76 Å². The van der Waals surface area contributed by atoms with Gasteiger partial charge in [-0.15, -0.1) is 0 Å². The van der Waals surface area contributed by atoms with Crippen LogP contribution in [0.5, 0.6) is 5.75 Å². The fourth-order valence-electron chi connectivity index (χ4n) is 3.51. The van der Waals surface area contributed by atoms with E-state index in [9.17, 15) is 4.79 Å². The van der Waals surface area contributed by atoms with Gasteiger partial charge in [-0.05, 0) is 73.6 Å². The summed E-state index contributed by atoms with van der Waals surface area (Å²) in [5.74, 6) is 0.555. The molecular formula is C25H30O4. The highest BCUT2D eigenvalue weighted by Gasteiger charge is 2.21. The highest BCUT2D eigenvalue weighted by atomic mass is 16.5. The Labute approximate surface area is 172 Å². The Morgan fingerprint density at radius 2 is 1.69 bits per heavy atom. The molecule has 0 aliphatic carbocycles. The number of ether oxygens (including phenoxy) is 2. The Hall–Kier alpha value is -2.75. The number of benzene rings is 2. The molecule has 0 atom stereocenters. The van der Waals surface area contributed by atoms with Crippen molar-refractivity contribution in [1.29, 1.82) is 0 Å². The summed E-state index contributed by atoms with van der Waals surface area (Å²) in [4.78, 5) is 12.7. The summed E-state index contributed by atoms with van der Waals surface area (Å²) < 4.78 is 16.9. The van der Waals surface area contributed by atoms with E-state index in [2.05, 4.69) is 46.8 Å². The lowest BCUT2D eigenvalue weighted by atomic mass is 9.84. The van der Waals surface area contributed by atoms with Crippen molar-refractivity contribution in [3.8, 4) is 5.75 Å². The number of hydrogen-bond donors (Lipinski definition) is 0. The molecule has 0 aliphatic heterocycles. The molecule has 0 fully saturated rings. The standard InChI is InChI=1S/C25H30O4/c1-8-27-19-9-10-22-20(13-19)17(4)23(29-22)24(26)28-14-21-15(2)11-18(12-16(21)3)25(5,6)7/h9-13H,8,14H2,1-7H3. The Morgan fingerprint density at radius 1 is 1.03 bits per heavy atom. The normalized spacial score (nSPS) is 11.7. The summed E-state index contributed by atoms with van der Waals surface area (Å²) in [5.41, 5.74) is 6.08. The van der Waals surface area contributed by atoms with Gasteiger partial charge in [0, 0.05) is 10.9 Å². The Kier molecular flexibility index (Phi) is 5.74. The van der Waals surface area contributed by atoms with Gasteiger partial charge in [-0.3, -0.25) is 0 Å². The first-order chi connectivity index (χ1) is 13.6. The molecule has 3 rings (SSSR count). The zero-order valence-corrected chi connectivity index (χ0v) is 18.4. The van der Waals surface area contributed by atoms with E-state index in [0.29, 0.717) is 12.2 Å². The molecule has 3 aromatic rings. The molecule has 0 amide bonds. The Morgan fingerprint density at radius 3 is 2.28 bits per heavy atom. The van der Waals surface area contributed by atoms with Crippen molar-refractivity contribution in [2.75, 3.05) is 6.61 Å². The maximum atomic E-state index is 12.7. The second-order valence-electron chi connectivity index (χ2n) is 8.56. The van der Waals surface area contributed by atoms with Gasteiger partial charge in [0.1, 0.15) is 17.9 Å². The van der Waals surface area contributed by atoms with Crippen molar-refractivity contribution < 1.29 is 18.7 Å². The van der Waals surface area contributed by atoms with E-state index < -0.39 is 5.97 Å². The molecule has 4 nitrogen and oxygen atoms in total. The predicted molar refractivity (Wildman–Crippen MR) is 116 cm³/mol. The first kappa shape index (κ1) is 21.0. The molecule has 0 radical (unpaired) electrons. The van der Waals surface area contributed by atoms with Crippen LogP contribution in [0.1, 0.15) is 66.1 Å². The molecule has 29 heavy (non-hydrogen) atoms. The molecule has 0 N–H and O–H groups in total. The van der Waals surface area contributed by atoms with Crippen LogP contribution < -0.4 is 4.74 Å². The molecule has 2 aromatic carbocycles. The highest BCUT2D eigenvalue weighted by molar-refractivity contribution is 5.96. The van der Waals surface area contributed by atoms with Crippen LogP contribution >= 0.6 is 0 Å². The van der Waals surface area contributed by atoms with Crippen molar-refractivity contribution in [1.82, 2.24) is 0 Å². The van der Waals surface area contributed by atoms with Crippen molar-refractivity contribution >= 4 is 16.9 Å². The van der Waals surface area contributed by atoms with Crippen LogP contribution in [-0.4, -0.2) is 12.6 Å². The van der Waals surface area contributed by atoms with Gasteiger partial charge in [0.25, 0.3) is 0 Å². The summed E-state index contributed by atoms with van der Waals surface area (Å²) in [6, 6.07) is 9.92. The van der Waals surface area contributed by atoms with E-state index in [1.54, 1.807) is 0 Å². The van der Waals surface area contributed by atoms with Gasteiger partial charge in [-0.2, -0.15) is 0 Å². The maximum absolute atomic E-state index is 12.7. The molecular weight excluding hydrogens is 364 g/mol. The van der Waals surface area contributed by atoms with E-state index in [1.165, 1.54) is 5.56 Å². The number of rotatable bonds is 5. The van der Waals surface area contributed by atoms with Gasteiger partial charge in [0.15, 0.2) is 0 Å². The predicted octanol–water partition coefficient (Wildman–Crippen LogP) is 6.41. The Balaban J connectivity index is 1.82. The lowest BCUT2D eigenvalue weighted by molar-refractivity contribution is 0.0436. The summed E-state index contributed by atoms with van der Waals surface area (Å²) in [6.45, 7) is 15.3. The molecule has 1 aromatic heterocycles. The monoisotopic (exact) mass is 394 g/mol. The number of fused-ring (bicyclic) bond motifs is 1. The average Bonchev–Trinajstić information content (AvgIpc) is 2.97. The van der Waals surface area contributed by atoms with Crippen molar-refractivity contribution in [2.45, 2.75) is 60.5 Å². The van der Waals surface area contributed by atoms with Gasteiger partial charge in [-0.25, -0.2) is 4.79 Å². The van der Waals surface area contributed by atoms with Crippen LogP contribution in [0.2, 0.25) is 0 Å². The maximum Gasteiger partial charge on any atom is 0.374 e. The first-order valence-electron chi connectivity index (χ1n) is 10.1. The Bertz CT molecular complexity index is 1030. The van der Waals surface area contributed by atoms with E-state index in [4.69, 9.17) is 13.9 Å². The van der Waals surface area contributed by atoms with E-state index in [0.717, 1.165) is 33.4 Å². The molecule has 0 saturated carbocycles. The smallest absolute Gasteiger partial charge is 0.374 e. The fourth-order valence-corrected chi connectivity index (χ4v) is 3.51. The third-order valence-electron chi connectivity index (χ3n) is 5.31. The third kappa shape index (κ3) is 4.31. The minimum atomic E-state index is -0.449. The first-order valence-corrected chi connectivity index (χ1v) is 10.1. The minimum absolute atomic E-state index is 0.0798. The number of hydrogen-bond acceptors (Lipinski definition) is 4. The number of carbonyl (C=O) groups is 1. The summed E-state index contributed by atoms with van der Waals surface area (Å²) in [7, 11) is 0. The van der Waals surface area contributed by atoms with Gasteiger partial charge in [0.05, 0.1) is 6.61 Å². The number of aryl methyl sites for hydroxylation is 3. The van der Waals surface area contributed by atoms with Crippen molar-refractivity contribution in [3.63, 3.8) is 0 Å². The minimum Gasteiger partial charge on any atom is -0.494 e. The second kappa shape index (κ2) is 7.94. The molecule has 0 saturated heterocycles. The summed E-state index contributed by atoms with van der Waals surface area (Å²) in [5, 5.41) is 0.866. The van der Waals surface area contributed by atoms with Crippen LogP contribution in [0.15, 0.2) is 34.7 Å². The average molecular weight is 395 g/mol. The quantitative estimate of drug-likeness (QED) is 0.469. The van der Waals surface area contributed by atoms with Gasteiger partial charge >= 0.3 is 5.97 Å². The van der Waals surface area contributed by atoms with Crippen LogP contribution in [0.25, 0.3) is 11.0 Å². The molecule has 1 heterocycles. The zero-order chi connectivity index (χ0) is 21.3. The SMILES string of the molecule is CCOc1ccc2oc(C(=O)OCc3c(C)cc(C(C)(C)C)cc3C)c(C)c2c1. The van der Waals surface area contributed by atoms with Crippen LogP contribution in [0, 0.1) is 20.8 Å². The summed E-state index contributed by atoms with van der Waals surface area (Å²) in [6.07, 6.45) is 0. The molecule has 0 unspecified atom stereocenters. The highest BCUT2D eigenvalue weighted by Crippen LogP contribution is 2.30. The summed E-state index contributed by atoms with van der Waals surface area (Å²) >= 11 is 0. The van der Waals surface area contributed by atoms with E-state index in [-0.39, 0.29) is 17.8 Å². The lowest BCUT2D eigenvalue weighted by Crippen LogP contribution is -2.13. The van der Waals surface area contributed by atoms with Gasteiger partial charge in [-0.1, -0.05) is 32.9 Å². The van der Waals surface area contributed by atoms with E-state index in [1.807, 2.05) is 32.0 Å². The number of carbonyl (C=O) groups excluding carboxylic acids is 1. The molecule has 0 bridgehead atoms. The lowest BCUT2D eigenvalue weighted by Gasteiger charge is -2.22. The molecule has 0 spiro atoms. The fraction of sp³-hybridized carbons (Fsp3) is 0.400. The second-order valence-corrected chi connectivity index (χ2v) is 8.56. The van der Waals surface area contributed by atoms with Gasteiger partial charge < -0.3 is 13.9 Å². The molecule has 4 heteroatoms. The third-order valence-corrected chi connectivity index (χ3v) is 5.31. The van der Waals surface area contributed by atoms with Crippen LogP contribution in [-0.2, 0) is 16.8 Å². The molecule has 154 valence electrons. The largest absolute Gasteiger partial charge is 0.494 e. The van der Waals surface area contributed by atoms with Crippen LogP contribution in [0.4, 0.5) is 0 Å². The topological polar surface area (TPSA) is 48.7 Å². The number of furan rings is 1.